The predicted molar refractivity (Wildman–Crippen MR) is 78.1 cm³/mol. The molecule has 0 fully saturated rings. The number of hydrogen-bond acceptors (Lipinski definition) is 3. The number of ether oxygens (including phenoxy) is 1. The van der Waals surface area contributed by atoms with Crippen LogP contribution in [0.1, 0.15) is 11.1 Å². The van der Waals surface area contributed by atoms with Crippen LogP contribution < -0.4 is 10.5 Å². The topological polar surface area (TPSA) is 35.2 Å². The minimum absolute atomic E-state index is 0.770. The van der Waals surface area contributed by atoms with E-state index >= 15 is 0 Å². The first kappa shape index (κ1) is 12.8. The molecule has 3 heteroatoms. The van der Waals surface area contributed by atoms with E-state index in [4.69, 9.17) is 10.5 Å². The fraction of sp³-hybridized carbons (Fsp3) is 0.200. The zero-order valence-electron chi connectivity index (χ0n) is 10.6. The fourth-order valence-corrected chi connectivity index (χ4v) is 2.64. The Morgan fingerprint density at radius 1 is 1.17 bits per heavy atom. The van der Waals surface area contributed by atoms with Crippen molar-refractivity contribution in [3.63, 3.8) is 0 Å². The Morgan fingerprint density at radius 2 is 2.00 bits per heavy atom. The summed E-state index contributed by atoms with van der Waals surface area (Å²) >= 11 is 1.75. The van der Waals surface area contributed by atoms with Gasteiger partial charge in [0.05, 0.1) is 7.11 Å². The summed E-state index contributed by atoms with van der Waals surface area (Å²) in [6, 6.07) is 14.3. The SMILES string of the molecule is COc1ccc(SCc2cccc(C)c2)c(N)c1. The van der Waals surface area contributed by atoms with Crippen molar-refractivity contribution in [2.45, 2.75) is 17.6 Å². The van der Waals surface area contributed by atoms with Crippen LogP contribution in [0.2, 0.25) is 0 Å². The lowest BCUT2D eigenvalue weighted by Crippen LogP contribution is -1.91. The van der Waals surface area contributed by atoms with Gasteiger partial charge in [-0.25, -0.2) is 0 Å². The highest BCUT2D eigenvalue weighted by Crippen LogP contribution is 2.30. The van der Waals surface area contributed by atoms with E-state index in [2.05, 4.69) is 31.2 Å². The van der Waals surface area contributed by atoms with Crippen molar-refractivity contribution in [1.82, 2.24) is 0 Å². The van der Waals surface area contributed by atoms with E-state index in [1.54, 1.807) is 18.9 Å². The summed E-state index contributed by atoms with van der Waals surface area (Å²) in [5.74, 6) is 1.73. The third-order valence-electron chi connectivity index (χ3n) is 2.69. The normalized spacial score (nSPS) is 10.3. The zero-order valence-corrected chi connectivity index (χ0v) is 11.5. The van der Waals surface area contributed by atoms with Crippen molar-refractivity contribution in [2.24, 2.45) is 0 Å². The quantitative estimate of drug-likeness (QED) is 0.668. The van der Waals surface area contributed by atoms with Crippen molar-refractivity contribution in [2.75, 3.05) is 12.8 Å². The van der Waals surface area contributed by atoms with Gasteiger partial charge in [-0.3, -0.25) is 0 Å². The number of thioether (sulfide) groups is 1. The standard InChI is InChI=1S/C15H17NOS/c1-11-4-3-5-12(8-11)10-18-15-7-6-13(17-2)9-14(15)16/h3-9H,10,16H2,1-2H3. The van der Waals surface area contributed by atoms with E-state index in [1.807, 2.05) is 18.2 Å². The highest BCUT2D eigenvalue weighted by Gasteiger charge is 2.02. The van der Waals surface area contributed by atoms with Gasteiger partial charge in [0, 0.05) is 22.4 Å². The minimum Gasteiger partial charge on any atom is -0.497 e. The Kier molecular flexibility index (Phi) is 4.15. The summed E-state index contributed by atoms with van der Waals surface area (Å²) in [4.78, 5) is 1.09. The highest BCUT2D eigenvalue weighted by atomic mass is 32.2. The van der Waals surface area contributed by atoms with Gasteiger partial charge >= 0.3 is 0 Å². The molecule has 2 aromatic carbocycles. The van der Waals surface area contributed by atoms with Gasteiger partial charge in [-0.05, 0) is 24.6 Å². The van der Waals surface area contributed by atoms with Crippen LogP contribution >= 0.6 is 11.8 Å². The Balaban J connectivity index is 2.06. The number of hydrogen-bond donors (Lipinski definition) is 1. The fourth-order valence-electron chi connectivity index (χ4n) is 1.75. The maximum atomic E-state index is 5.99. The van der Waals surface area contributed by atoms with E-state index in [0.717, 1.165) is 22.1 Å². The van der Waals surface area contributed by atoms with E-state index < -0.39 is 0 Å². The molecule has 0 saturated heterocycles. The van der Waals surface area contributed by atoms with E-state index in [9.17, 15) is 0 Å². The third kappa shape index (κ3) is 3.20. The molecule has 0 radical (unpaired) electrons. The van der Waals surface area contributed by atoms with E-state index in [1.165, 1.54) is 11.1 Å². The van der Waals surface area contributed by atoms with Gasteiger partial charge in [0.25, 0.3) is 0 Å². The third-order valence-corrected chi connectivity index (χ3v) is 3.85. The molecule has 0 saturated carbocycles. The highest BCUT2D eigenvalue weighted by molar-refractivity contribution is 7.98. The van der Waals surface area contributed by atoms with Gasteiger partial charge < -0.3 is 10.5 Å². The molecule has 0 aliphatic rings. The number of benzene rings is 2. The van der Waals surface area contributed by atoms with Gasteiger partial charge in [0.1, 0.15) is 5.75 Å². The average Bonchev–Trinajstić information content (AvgIpc) is 2.37. The van der Waals surface area contributed by atoms with Crippen molar-refractivity contribution in [1.29, 1.82) is 0 Å². The molecule has 0 amide bonds. The second-order valence-electron chi connectivity index (χ2n) is 4.18. The summed E-state index contributed by atoms with van der Waals surface area (Å²) in [5, 5.41) is 0. The van der Waals surface area contributed by atoms with Gasteiger partial charge in [-0.15, -0.1) is 11.8 Å². The van der Waals surface area contributed by atoms with Crippen LogP contribution in [0, 0.1) is 6.92 Å². The van der Waals surface area contributed by atoms with Gasteiger partial charge in [-0.1, -0.05) is 29.8 Å². The molecular weight excluding hydrogens is 242 g/mol. The number of rotatable bonds is 4. The van der Waals surface area contributed by atoms with Gasteiger partial charge in [0.15, 0.2) is 0 Å². The van der Waals surface area contributed by atoms with Crippen LogP contribution in [0.5, 0.6) is 5.75 Å². The van der Waals surface area contributed by atoms with Crippen LogP contribution in [-0.4, -0.2) is 7.11 Å². The summed E-state index contributed by atoms with van der Waals surface area (Å²) in [6.45, 7) is 2.11. The molecule has 18 heavy (non-hydrogen) atoms. The predicted octanol–water partition coefficient (Wildman–Crippen LogP) is 3.88. The molecule has 0 spiro atoms. The van der Waals surface area contributed by atoms with Gasteiger partial charge in [-0.2, -0.15) is 0 Å². The van der Waals surface area contributed by atoms with E-state index in [-0.39, 0.29) is 0 Å². The van der Waals surface area contributed by atoms with Crippen LogP contribution in [-0.2, 0) is 5.75 Å². The first-order chi connectivity index (χ1) is 8.69. The molecule has 2 N–H and O–H groups in total. The molecule has 0 unspecified atom stereocenters. The number of aryl methyl sites for hydroxylation is 1. The number of anilines is 1. The van der Waals surface area contributed by atoms with Crippen LogP contribution in [0.15, 0.2) is 47.4 Å². The Morgan fingerprint density at radius 3 is 2.67 bits per heavy atom. The van der Waals surface area contributed by atoms with Crippen LogP contribution in [0.4, 0.5) is 5.69 Å². The lowest BCUT2D eigenvalue weighted by molar-refractivity contribution is 0.415. The second kappa shape index (κ2) is 5.83. The molecule has 94 valence electrons. The maximum absolute atomic E-state index is 5.99. The molecule has 2 aromatic rings. The number of nitrogen functional groups attached to an aromatic ring is 1. The molecule has 0 heterocycles. The van der Waals surface area contributed by atoms with Crippen LogP contribution in [0.3, 0.4) is 0 Å². The zero-order chi connectivity index (χ0) is 13.0. The van der Waals surface area contributed by atoms with Crippen LogP contribution in [0.25, 0.3) is 0 Å². The molecule has 0 atom stereocenters. The Labute approximate surface area is 112 Å². The molecule has 0 bridgehead atoms. The van der Waals surface area contributed by atoms with Gasteiger partial charge in [0.2, 0.25) is 0 Å². The average molecular weight is 259 g/mol. The number of methoxy groups -OCH3 is 1. The molecule has 0 aliphatic heterocycles. The molecular formula is C15H17NOS. The van der Waals surface area contributed by atoms with Crippen molar-refractivity contribution < 1.29 is 4.74 Å². The minimum atomic E-state index is 0.770. The Bertz CT molecular complexity index is 540. The summed E-state index contributed by atoms with van der Waals surface area (Å²) in [5.41, 5.74) is 9.36. The molecule has 2 nitrogen and oxygen atoms in total. The molecule has 0 aliphatic carbocycles. The summed E-state index contributed by atoms with van der Waals surface area (Å²) in [6.07, 6.45) is 0. The van der Waals surface area contributed by atoms with Crippen molar-refractivity contribution >= 4 is 17.4 Å². The lowest BCUT2D eigenvalue weighted by Gasteiger charge is -2.08. The van der Waals surface area contributed by atoms with Crippen molar-refractivity contribution in [3.05, 3.63) is 53.6 Å². The number of nitrogens with two attached hydrogens (primary N) is 1. The second-order valence-corrected chi connectivity index (χ2v) is 5.20. The smallest absolute Gasteiger partial charge is 0.120 e. The Hall–Kier alpha value is -1.61. The molecule has 0 aromatic heterocycles. The molecule has 2 rings (SSSR count). The summed E-state index contributed by atoms with van der Waals surface area (Å²) in [7, 11) is 1.65. The lowest BCUT2D eigenvalue weighted by atomic mass is 10.2. The monoisotopic (exact) mass is 259 g/mol. The first-order valence-corrected chi connectivity index (χ1v) is 6.79. The summed E-state index contributed by atoms with van der Waals surface area (Å²) < 4.78 is 5.14. The van der Waals surface area contributed by atoms with E-state index in [0.29, 0.717) is 0 Å². The largest absolute Gasteiger partial charge is 0.497 e. The first-order valence-electron chi connectivity index (χ1n) is 5.81. The maximum Gasteiger partial charge on any atom is 0.120 e. The van der Waals surface area contributed by atoms with Crippen molar-refractivity contribution in [3.8, 4) is 5.75 Å².